The Bertz CT molecular complexity index is 700. The predicted molar refractivity (Wildman–Crippen MR) is 96.2 cm³/mol. The number of rotatable bonds is 7. The van der Waals surface area contributed by atoms with Gasteiger partial charge >= 0.3 is 0 Å². The number of aromatic nitrogens is 1. The topological polar surface area (TPSA) is 71.5 Å². The van der Waals surface area contributed by atoms with Crippen LogP contribution in [0.2, 0.25) is 0 Å². The summed E-state index contributed by atoms with van der Waals surface area (Å²) in [5.74, 6) is 0.338. The molecule has 2 amide bonds. The molecule has 1 heterocycles. The van der Waals surface area contributed by atoms with Crippen LogP contribution in [0.3, 0.4) is 0 Å². The molecule has 2 rings (SSSR count). The van der Waals surface area contributed by atoms with Crippen LogP contribution in [0.4, 0.5) is 5.69 Å². The maximum Gasteiger partial charge on any atom is 0.244 e. The fourth-order valence-electron chi connectivity index (χ4n) is 2.25. The number of carbonyl (C=O) groups is 2. The van der Waals surface area contributed by atoms with Crippen LogP contribution in [-0.2, 0) is 16.1 Å². The number of benzene rings is 1. The lowest BCUT2D eigenvalue weighted by Crippen LogP contribution is -2.36. The fraction of sp³-hybridized carbons (Fsp3) is 0.316. The van der Waals surface area contributed by atoms with Crippen molar-refractivity contribution in [1.29, 1.82) is 0 Å². The maximum absolute atomic E-state index is 12.2. The molecule has 6 nitrogen and oxygen atoms in total. The first kappa shape index (κ1) is 18.4. The van der Waals surface area contributed by atoms with Crippen LogP contribution in [0.5, 0.6) is 5.75 Å². The smallest absolute Gasteiger partial charge is 0.244 e. The number of carbonyl (C=O) groups excluding carboxylic acids is 2. The highest BCUT2D eigenvalue weighted by Gasteiger charge is 2.14. The molecule has 0 aliphatic rings. The lowest BCUT2D eigenvalue weighted by atomic mass is 10.2. The van der Waals surface area contributed by atoms with Gasteiger partial charge in [-0.2, -0.15) is 0 Å². The van der Waals surface area contributed by atoms with Crippen molar-refractivity contribution in [3.63, 3.8) is 0 Å². The van der Waals surface area contributed by atoms with Crippen LogP contribution in [0, 0.1) is 0 Å². The van der Waals surface area contributed by atoms with Crippen molar-refractivity contribution in [1.82, 2.24) is 9.88 Å². The molecule has 1 N–H and O–H groups in total. The molecule has 0 fully saturated rings. The summed E-state index contributed by atoms with van der Waals surface area (Å²) < 4.78 is 5.57. The van der Waals surface area contributed by atoms with E-state index in [1.807, 2.05) is 26.0 Å². The lowest BCUT2D eigenvalue weighted by Gasteiger charge is -2.20. The van der Waals surface area contributed by atoms with E-state index >= 15 is 0 Å². The Labute approximate surface area is 147 Å². The summed E-state index contributed by atoms with van der Waals surface area (Å²) >= 11 is 0. The summed E-state index contributed by atoms with van der Waals surface area (Å²) in [6.45, 7) is 5.71. The standard InChI is InChI=1S/C19H23N3O3/c1-14(2)25-18-6-4-17(5-7-18)21-19(24)13-22(15(3)23)12-16-8-10-20-11-9-16/h4-11,14H,12-13H2,1-3H3,(H,21,24). The summed E-state index contributed by atoms with van der Waals surface area (Å²) in [4.78, 5) is 29.5. The number of ether oxygens (including phenoxy) is 1. The van der Waals surface area contributed by atoms with E-state index < -0.39 is 0 Å². The first-order chi connectivity index (χ1) is 11.9. The Balaban J connectivity index is 1.93. The summed E-state index contributed by atoms with van der Waals surface area (Å²) in [5, 5.41) is 2.79. The zero-order valence-electron chi connectivity index (χ0n) is 14.7. The van der Waals surface area contributed by atoms with Crippen LogP contribution in [0.15, 0.2) is 48.8 Å². The second kappa shape index (κ2) is 8.82. The van der Waals surface area contributed by atoms with Gasteiger partial charge in [-0.25, -0.2) is 0 Å². The predicted octanol–water partition coefficient (Wildman–Crippen LogP) is 2.86. The second-order valence-electron chi connectivity index (χ2n) is 5.97. The third-order valence-corrected chi connectivity index (χ3v) is 3.41. The fourth-order valence-corrected chi connectivity index (χ4v) is 2.25. The Morgan fingerprint density at radius 3 is 2.32 bits per heavy atom. The van der Waals surface area contributed by atoms with Crippen molar-refractivity contribution in [2.75, 3.05) is 11.9 Å². The molecule has 0 saturated carbocycles. The molecule has 25 heavy (non-hydrogen) atoms. The average molecular weight is 341 g/mol. The molecule has 6 heteroatoms. The van der Waals surface area contributed by atoms with Crippen LogP contribution in [-0.4, -0.2) is 34.3 Å². The van der Waals surface area contributed by atoms with E-state index in [1.165, 1.54) is 11.8 Å². The third kappa shape index (κ3) is 6.25. The summed E-state index contributed by atoms with van der Waals surface area (Å²) in [6, 6.07) is 10.8. The van der Waals surface area contributed by atoms with Gasteiger partial charge in [-0.05, 0) is 55.8 Å². The van der Waals surface area contributed by atoms with Gasteiger partial charge in [0.05, 0.1) is 6.10 Å². The number of hydrogen-bond acceptors (Lipinski definition) is 4. The molecule has 0 aliphatic carbocycles. The van der Waals surface area contributed by atoms with Crippen LogP contribution < -0.4 is 10.1 Å². The molecule has 0 saturated heterocycles. The SMILES string of the molecule is CC(=O)N(CC(=O)Nc1ccc(OC(C)C)cc1)Cc1ccncc1. The Morgan fingerprint density at radius 2 is 1.76 bits per heavy atom. The number of amides is 2. The van der Waals surface area contributed by atoms with E-state index in [1.54, 1.807) is 36.7 Å². The first-order valence-corrected chi connectivity index (χ1v) is 8.15. The quantitative estimate of drug-likeness (QED) is 0.840. The molecule has 132 valence electrons. The molecule has 0 radical (unpaired) electrons. The van der Waals surface area contributed by atoms with Crippen molar-refractivity contribution in [3.8, 4) is 5.75 Å². The van der Waals surface area contributed by atoms with Crippen molar-refractivity contribution >= 4 is 17.5 Å². The van der Waals surface area contributed by atoms with Gasteiger partial charge in [-0.1, -0.05) is 0 Å². The average Bonchev–Trinajstić information content (AvgIpc) is 2.56. The number of anilines is 1. The normalized spacial score (nSPS) is 10.4. The van der Waals surface area contributed by atoms with E-state index in [2.05, 4.69) is 10.3 Å². The summed E-state index contributed by atoms with van der Waals surface area (Å²) in [7, 11) is 0. The Kier molecular flexibility index (Phi) is 6.51. The lowest BCUT2D eigenvalue weighted by molar-refractivity contribution is -0.133. The molecule has 0 bridgehead atoms. The molecule has 2 aromatic rings. The molecule has 1 aromatic carbocycles. The molecule has 0 spiro atoms. The van der Waals surface area contributed by atoms with E-state index in [-0.39, 0.29) is 24.5 Å². The van der Waals surface area contributed by atoms with Crippen molar-refractivity contribution in [2.45, 2.75) is 33.4 Å². The summed E-state index contributed by atoms with van der Waals surface area (Å²) in [5.41, 5.74) is 1.58. The van der Waals surface area contributed by atoms with Crippen LogP contribution in [0.25, 0.3) is 0 Å². The Hall–Kier alpha value is -2.89. The van der Waals surface area contributed by atoms with Crippen LogP contribution >= 0.6 is 0 Å². The van der Waals surface area contributed by atoms with Crippen molar-refractivity contribution < 1.29 is 14.3 Å². The van der Waals surface area contributed by atoms with Gasteiger partial charge in [0.1, 0.15) is 12.3 Å². The number of nitrogens with one attached hydrogen (secondary N) is 1. The molecular weight excluding hydrogens is 318 g/mol. The van der Waals surface area contributed by atoms with E-state index in [0.717, 1.165) is 11.3 Å². The highest BCUT2D eigenvalue weighted by molar-refractivity contribution is 5.94. The van der Waals surface area contributed by atoms with Gasteiger partial charge in [0, 0.05) is 31.5 Å². The molecule has 1 aromatic heterocycles. The summed E-state index contributed by atoms with van der Waals surface area (Å²) in [6.07, 6.45) is 3.42. The van der Waals surface area contributed by atoms with Gasteiger partial charge < -0.3 is 15.0 Å². The second-order valence-corrected chi connectivity index (χ2v) is 5.97. The van der Waals surface area contributed by atoms with E-state index in [9.17, 15) is 9.59 Å². The molecule has 0 atom stereocenters. The van der Waals surface area contributed by atoms with E-state index in [0.29, 0.717) is 12.2 Å². The van der Waals surface area contributed by atoms with Gasteiger partial charge in [-0.15, -0.1) is 0 Å². The maximum atomic E-state index is 12.2. The van der Waals surface area contributed by atoms with Gasteiger partial charge in [0.25, 0.3) is 0 Å². The van der Waals surface area contributed by atoms with Gasteiger partial charge in [0.15, 0.2) is 0 Å². The monoisotopic (exact) mass is 341 g/mol. The highest BCUT2D eigenvalue weighted by atomic mass is 16.5. The van der Waals surface area contributed by atoms with Crippen molar-refractivity contribution in [3.05, 3.63) is 54.4 Å². The third-order valence-electron chi connectivity index (χ3n) is 3.41. The largest absolute Gasteiger partial charge is 0.491 e. The van der Waals surface area contributed by atoms with Gasteiger partial charge in [-0.3, -0.25) is 14.6 Å². The minimum atomic E-state index is -0.248. The molecular formula is C19H23N3O3. The van der Waals surface area contributed by atoms with E-state index in [4.69, 9.17) is 4.74 Å². The number of hydrogen-bond donors (Lipinski definition) is 1. The van der Waals surface area contributed by atoms with Crippen LogP contribution in [0.1, 0.15) is 26.3 Å². The first-order valence-electron chi connectivity index (χ1n) is 8.15. The Morgan fingerprint density at radius 1 is 1.12 bits per heavy atom. The zero-order valence-corrected chi connectivity index (χ0v) is 14.7. The number of nitrogens with zero attached hydrogens (tertiary/aromatic N) is 2. The van der Waals surface area contributed by atoms with Gasteiger partial charge in [0.2, 0.25) is 11.8 Å². The molecule has 0 unspecified atom stereocenters. The minimum absolute atomic E-state index is 0.0120. The molecule has 0 aliphatic heterocycles. The number of pyridine rings is 1. The highest BCUT2D eigenvalue weighted by Crippen LogP contribution is 2.17. The minimum Gasteiger partial charge on any atom is -0.491 e. The zero-order chi connectivity index (χ0) is 18.2. The van der Waals surface area contributed by atoms with Crippen molar-refractivity contribution in [2.24, 2.45) is 0 Å².